The Morgan fingerprint density at radius 3 is 2.67 bits per heavy atom. The van der Waals surface area contributed by atoms with Gasteiger partial charge in [-0.05, 0) is 38.0 Å². The second kappa shape index (κ2) is 6.92. The summed E-state index contributed by atoms with van der Waals surface area (Å²) < 4.78 is 11.3. The summed E-state index contributed by atoms with van der Waals surface area (Å²) in [6, 6.07) is 5.92. The number of aromatic nitrogens is 2. The lowest BCUT2D eigenvalue weighted by atomic mass is 10.1. The molecule has 0 saturated carbocycles. The number of ether oxygens (including phenoxy) is 2. The highest BCUT2D eigenvalue weighted by Gasteiger charge is 2.10. The van der Waals surface area contributed by atoms with Crippen LogP contribution in [-0.2, 0) is 6.42 Å². The van der Waals surface area contributed by atoms with Gasteiger partial charge in [-0.25, -0.2) is 4.98 Å². The van der Waals surface area contributed by atoms with E-state index < -0.39 is 0 Å². The first-order valence-electron chi connectivity index (χ1n) is 7.10. The van der Waals surface area contributed by atoms with Crippen LogP contribution in [0.2, 0.25) is 0 Å². The molecule has 0 unspecified atom stereocenters. The summed E-state index contributed by atoms with van der Waals surface area (Å²) in [6.07, 6.45) is 2.70. The minimum absolute atomic E-state index is 0.531. The van der Waals surface area contributed by atoms with Gasteiger partial charge in [-0.2, -0.15) is 4.98 Å². The average Bonchev–Trinajstić information content (AvgIpc) is 2.51. The molecule has 1 aromatic heterocycles. The minimum Gasteiger partial charge on any atom is -0.493 e. The van der Waals surface area contributed by atoms with Crippen LogP contribution in [0.3, 0.4) is 0 Å². The molecule has 1 aromatic carbocycles. The Labute approximate surface area is 125 Å². The van der Waals surface area contributed by atoms with E-state index in [9.17, 15) is 0 Å². The van der Waals surface area contributed by atoms with Crippen molar-refractivity contribution in [3.8, 4) is 17.4 Å². The molecule has 0 fully saturated rings. The molecule has 2 aromatic rings. The van der Waals surface area contributed by atoms with Gasteiger partial charge < -0.3 is 14.8 Å². The molecule has 21 heavy (non-hydrogen) atoms. The molecule has 0 bridgehead atoms. The van der Waals surface area contributed by atoms with E-state index in [2.05, 4.69) is 22.2 Å². The quantitative estimate of drug-likeness (QED) is 0.880. The molecular weight excluding hydrogens is 266 g/mol. The van der Waals surface area contributed by atoms with Crippen molar-refractivity contribution < 1.29 is 9.47 Å². The topological polar surface area (TPSA) is 56.3 Å². The number of aryl methyl sites for hydroxylation is 2. The standard InChI is InChI=1S/C16H21N3O2/c1-5-12-7-8-13(14(9-12)20-4)21-15-11(3)10-18-16(19-15)17-6-2/h7-10H,5-6H2,1-4H3,(H,17,18,19). The van der Waals surface area contributed by atoms with E-state index in [0.717, 1.165) is 18.5 Å². The lowest BCUT2D eigenvalue weighted by Crippen LogP contribution is -2.04. The Morgan fingerprint density at radius 2 is 2.00 bits per heavy atom. The largest absolute Gasteiger partial charge is 0.493 e. The normalized spacial score (nSPS) is 10.3. The van der Waals surface area contributed by atoms with Gasteiger partial charge in [0.25, 0.3) is 0 Å². The lowest BCUT2D eigenvalue weighted by Gasteiger charge is -2.13. The van der Waals surface area contributed by atoms with E-state index in [-0.39, 0.29) is 0 Å². The zero-order chi connectivity index (χ0) is 15.2. The maximum atomic E-state index is 5.90. The number of hydrogen-bond acceptors (Lipinski definition) is 5. The average molecular weight is 287 g/mol. The van der Waals surface area contributed by atoms with Gasteiger partial charge >= 0.3 is 0 Å². The number of rotatable bonds is 6. The number of methoxy groups -OCH3 is 1. The fourth-order valence-corrected chi connectivity index (χ4v) is 1.89. The molecular formula is C16H21N3O2. The van der Waals surface area contributed by atoms with Crippen LogP contribution in [0.15, 0.2) is 24.4 Å². The molecule has 0 aliphatic rings. The summed E-state index contributed by atoms with van der Waals surface area (Å²) in [5, 5.41) is 3.07. The number of nitrogens with zero attached hydrogens (tertiary/aromatic N) is 2. The zero-order valence-electron chi connectivity index (χ0n) is 12.9. The molecule has 0 aliphatic carbocycles. The third kappa shape index (κ3) is 3.62. The molecule has 0 radical (unpaired) electrons. The number of hydrogen-bond donors (Lipinski definition) is 1. The van der Waals surface area contributed by atoms with Crippen LogP contribution in [0.4, 0.5) is 5.95 Å². The number of anilines is 1. The molecule has 112 valence electrons. The predicted molar refractivity (Wildman–Crippen MR) is 83.4 cm³/mol. The summed E-state index contributed by atoms with van der Waals surface area (Å²) in [6.45, 7) is 6.78. The van der Waals surface area contributed by atoms with Gasteiger partial charge in [-0.3, -0.25) is 0 Å². The second-order valence-electron chi connectivity index (χ2n) is 4.65. The molecule has 0 aliphatic heterocycles. The fourth-order valence-electron chi connectivity index (χ4n) is 1.89. The molecule has 0 saturated heterocycles. The van der Waals surface area contributed by atoms with Crippen LogP contribution in [-0.4, -0.2) is 23.6 Å². The highest BCUT2D eigenvalue weighted by atomic mass is 16.5. The van der Waals surface area contributed by atoms with Crippen molar-refractivity contribution in [2.75, 3.05) is 19.0 Å². The van der Waals surface area contributed by atoms with Crippen molar-refractivity contribution in [3.05, 3.63) is 35.5 Å². The third-order valence-electron chi connectivity index (χ3n) is 3.10. The van der Waals surface area contributed by atoms with Gasteiger partial charge in [-0.15, -0.1) is 0 Å². The van der Waals surface area contributed by atoms with Gasteiger partial charge in [0.05, 0.1) is 7.11 Å². The van der Waals surface area contributed by atoms with Gasteiger partial charge in [0, 0.05) is 18.3 Å². The summed E-state index contributed by atoms with van der Waals surface area (Å²) >= 11 is 0. The van der Waals surface area contributed by atoms with Crippen LogP contribution in [0, 0.1) is 6.92 Å². The molecule has 0 spiro atoms. The molecule has 1 heterocycles. The highest BCUT2D eigenvalue weighted by molar-refractivity contribution is 5.46. The maximum absolute atomic E-state index is 5.90. The monoisotopic (exact) mass is 287 g/mol. The Balaban J connectivity index is 2.31. The van der Waals surface area contributed by atoms with Crippen molar-refractivity contribution in [1.82, 2.24) is 9.97 Å². The second-order valence-corrected chi connectivity index (χ2v) is 4.65. The Bertz CT molecular complexity index is 614. The maximum Gasteiger partial charge on any atom is 0.227 e. The molecule has 1 N–H and O–H groups in total. The van der Waals surface area contributed by atoms with E-state index in [0.29, 0.717) is 23.3 Å². The molecule has 0 amide bonds. The smallest absolute Gasteiger partial charge is 0.227 e. The van der Waals surface area contributed by atoms with Crippen LogP contribution in [0.25, 0.3) is 0 Å². The molecule has 2 rings (SSSR count). The molecule has 5 heteroatoms. The number of nitrogens with one attached hydrogen (secondary N) is 1. The van der Waals surface area contributed by atoms with Crippen LogP contribution >= 0.6 is 0 Å². The fraction of sp³-hybridized carbons (Fsp3) is 0.375. The molecule has 0 atom stereocenters. The van der Waals surface area contributed by atoms with Gasteiger partial charge in [0.1, 0.15) is 0 Å². The van der Waals surface area contributed by atoms with Crippen molar-refractivity contribution in [3.63, 3.8) is 0 Å². The van der Waals surface area contributed by atoms with Gasteiger partial charge in [0.15, 0.2) is 11.5 Å². The first-order chi connectivity index (χ1) is 10.2. The van der Waals surface area contributed by atoms with E-state index in [1.165, 1.54) is 5.56 Å². The number of benzene rings is 1. The molecule has 5 nitrogen and oxygen atoms in total. The van der Waals surface area contributed by atoms with E-state index in [1.54, 1.807) is 13.3 Å². The van der Waals surface area contributed by atoms with Crippen LogP contribution in [0.1, 0.15) is 25.0 Å². The predicted octanol–water partition coefficient (Wildman–Crippen LogP) is 3.58. The van der Waals surface area contributed by atoms with E-state index >= 15 is 0 Å². The van der Waals surface area contributed by atoms with E-state index in [4.69, 9.17) is 9.47 Å². The summed E-state index contributed by atoms with van der Waals surface area (Å²) in [7, 11) is 1.64. The first kappa shape index (κ1) is 15.1. The van der Waals surface area contributed by atoms with Crippen molar-refractivity contribution in [2.45, 2.75) is 27.2 Å². The summed E-state index contributed by atoms with van der Waals surface area (Å²) in [5.74, 6) is 2.45. The Morgan fingerprint density at radius 1 is 1.19 bits per heavy atom. The van der Waals surface area contributed by atoms with Gasteiger partial charge in [0.2, 0.25) is 11.8 Å². The SMILES string of the molecule is CCNc1ncc(C)c(Oc2ccc(CC)cc2OC)n1. The minimum atomic E-state index is 0.531. The van der Waals surface area contributed by atoms with Crippen molar-refractivity contribution in [1.29, 1.82) is 0 Å². The zero-order valence-corrected chi connectivity index (χ0v) is 12.9. The van der Waals surface area contributed by atoms with Crippen molar-refractivity contribution >= 4 is 5.95 Å². The Kier molecular flexibility index (Phi) is 4.98. The first-order valence-corrected chi connectivity index (χ1v) is 7.10. The lowest BCUT2D eigenvalue weighted by molar-refractivity contribution is 0.372. The Hall–Kier alpha value is -2.30. The van der Waals surface area contributed by atoms with Gasteiger partial charge in [-0.1, -0.05) is 13.0 Å². The van der Waals surface area contributed by atoms with E-state index in [1.807, 2.05) is 32.0 Å². The summed E-state index contributed by atoms with van der Waals surface area (Å²) in [5.41, 5.74) is 2.07. The third-order valence-corrected chi connectivity index (χ3v) is 3.10. The highest BCUT2D eigenvalue weighted by Crippen LogP contribution is 2.33. The van der Waals surface area contributed by atoms with Crippen LogP contribution in [0.5, 0.6) is 17.4 Å². The van der Waals surface area contributed by atoms with Crippen LogP contribution < -0.4 is 14.8 Å². The summed E-state index contributed by atoms with van der Waals surface area (Å²) in [4.78, 5) is 8.58. The van der Waals surface area contributed by atoms with Crippen molar-refractivity contribution in [2.24, 2.45) is 0 Å².